The summed E-state index contributed by atoms with van der Waals surface area (Å²) in [5, 5.41) is 12.7. The number of halogens is 1. The van der Waals surface area contributed by atoms with Crippen molar-refractivity contribution in [1.29, 1.82) is 0 Å². The third-order valence-corrected chi connectivity index (χ3v) is 9.02. The maximum absolute atomic E-state index is 13.2. The molecule has 178 valence electrons. The summed E-state index contributed by atoms with van der Waals surface area (Å²) < 4.78 is 13.2. The van der Waals surface area contributed by atoms with Crippen molar-refractivity contribution < 1.29 is 19.1 Å². The van der Waals surface area contributed by atoms with Gasteiger partial charge in [0.1, 0.15) is 5.82 Å². The lowest BCUT2D eigenvalue weighted by Crippen LogP contribution is -2.49. The molecule has 1 aromatic carbocycles. The smallest absolute Gasteiger partial charge is 0.333 e. The molecule has 0 bridgehead atoms. The van der Waals surface area contributed by atoms with Crippen molar-refractivity contribution >= 4 is 28.7 Å². The van der Waals surface area contributed by atoms with Crippen molar-refractivity contribution in [3.05, 3.63) is 41.4 Å². The maximum Gasteiger partial charge on any atom is 0.333 e. The Labute approximate surface area is 198 Å². The Morgan fingerprint density at radius 3 is 2.45 bits per heavy atom. The Morgan fingerprint density at radius 1 is 1.06 bits per heavy atom. The zero-order valence-electron chi connectivity index (χ0n) is 18.9. The molecule has 2 saturated carbocycles. The summed E-state index contributed by atoms with van der Waals surface area (Å²) in [6.45, 7) is 3.80. The van der Waals surface area contributed by atoms with E-state index >= 15 is 0 Å². The molecule has 4 aliphatic rings. The van der Waals surface area contributed by atoms with Crippen LogP contribution in [0.1, 0.15) is 51.4 Å². The second kappa shape index (κ2) is 9.29. The van der Waals surface area contributed by atoms with Crippen LogP contribution in [0.4, 0.5) is 14.9 Å². The minimum Gasteiger partial charge on any atom is -0.478 e. The molecule has 2 atom stereocenters. The van der Waals surface area contributed by atoms with Crippen molar-refractivity contribution in [3.63, 3.8) is 0 Å². The molecule has 0 radical (unpaired) electrons. The number of hydrogen-bond acceptors (Lipinski definition) is 5. The highest BCUT2D eigenvalue weighted by molar-refractivity contribution is 8.14. The van der Waals surface area contributed by atoms with Gasteiger partial charge in [-0.2, -0.15) is 0 Å². The van der Waals surface area contributed by atoms with Gasteiger partial charge in [-0.25, -0.2) is 9.18 Å². The molecule has 1 unspecified atom stereocenters. The number of aliphatic carboxylic acids is 1. The van der Waals surface area contributed by atoms with Crippen LogP contribution in [-0.2, 0) is 4.79 Å². The van der Waals surface area contributed by atoms with Crippen molar-refractivity contribution in [2.45, 2.75) is 62.7 Å². The number of amides is 1. The monoisotopic (exact) mass is 473 g/mol. The predicted molar refractivity (Wildman–Crippen MR) is 128 cm³/mol. The number of thioether (sulfide) groups is 1. The van der Waals surface area contributed by atoms with Crippen LogP contribution in [0, 0.1) is 11.2 Å². The van der Waals surface area contributed by atoms with Crippen LogP contribution in [0.15, 0.2) is 35.5 Å². The third-order valence-electron chi connectivity index (χ3n) is 7.94. The predicted octanol–water partition coefficient (Wildman–Crippen LogP) is 4.61. The molecule has 5 rings (SSSR count). The highest BCUT2D eigenvalue weighted by Crippen LogP contribution is 2.57. The number of anilines is 1. The lowest BCUT2D eigenvalue weighted by Gasteiger charge is -2.39. The van der Waals surface area contributed by atoms with Gasteiger partial charge in [-0.15, -0.1) is 0 Å². The van der Waals surface area contributed by atoms with E-state index in [1.165, 1.54) is 23.9 Å². The second-order valence-corrected chi connectivity index (χ2v) is 11.3. The van der Waals surface area contributed by atoms with E-state index in [0.717, 1.165) is 70.4 Å². The van der Waals surface area contributed by atoms with Crippen molar-refractivity contribution in [1.82, 2.24) is 10.2 Å². The molecule has 1 saturated heterocycles. The van der Waals surface area contributed by atoms with Crippen LogP contribution in [0.3, 0.4) is 0 Å². The minimum atomic E-state index is -0.887. The fourth-order valence-electron chi connectivity index (χ4n) is 5.71. The summed E-state index contributed by atoms with van der Waals surface area (Å²) in [7, 11) is 0. The first-order valence-corrected chi connectivity index (χ1v) is 13.0. The van der Waals surface area contributed by atoms with Crippen LogP contribution >= 0.6 is 11.8 Å². The number of hydrogen-bond donors (Lipinski definition) is 2. The van der Waals surface area contributed by atoms with Gasteiger partial charge in [-0.1, -0.05) is 11.8 Å². The van der Waals surface area contributed by atoms with Gasteiger partial charge in [0.05, 0.1) is 5.57 Å². The molecule has 1 aliphatic heterocycles. The second-order valence-electron chi connectivity index (χ2n) is 10.1. The lowest BCUT2D eigenvalue weighted by molar-refractivity contribution is -0.133. The number of carboxylic acids is 1. The average molecular weight is 474 g/mol. The van der Waals surface area contributed by atoms with Gasteiger partial charge in [-0.3, -0.25) is 9.69 Å². The Kier molecular flexibility index (Phi) is 6.40. The molecule has 3 aliphatic carbocycles. The number of nitrogens with one attached hydrogen (secondary N) is 1. The van der Waals surface area contributed by atoms with E-state index in [2.05, 4.69) is 15.1 Å². The van der Waals surface area contributed by atoms with Crippen molar-refractivity contribution in [2.24, 2.45) is 5.41 Å². The van der Waals surface area contributed by atoms with Gasteiger partial charge in [0.15, 0.2) is 0 Å². The van der Waals surface area contributed by atoms with Gasteiger partial charge >= 0.3 is 5.97 Å². The zero-order chi connectivity index (χ0) is 23.0. The summed E-state index contributed by atoms with van der Waals surface area (Å²) >= 11 is 1.35. The van der Waals surface area contributed by atoms with Gasteiger partial charge in [0.25, 0.3) is 5.24 Å². The van der Waals surface area contributed by atoms with E-state index in [9.17, 15) is 19.1 Å². The fraction of sp³-hybridized carbons (Fsp3) is 0.600. The van der Waals surface area contributed by atoms with Gasteiger partial charge in [-0.05, 0) is 81.0 Å². The zero-order valence-corrected chi connectivity index (χ0v) is 19.7. The van der Waals surface area contributed by atoms with Crippen molar-refractivity contribution in [2.75, 3.05) is 31.1 Å². The summed E-state index contributed by atoms with van der Waals surface area (Å²) in [6.07, 6.45) is 7.56. The Balaban J connectivity index is 1.09. The molecule has 0 aromatic heterocycles. The van der Waals surface area contributed by atoms with Gasteiger partial charge in [0, 0.05) is 48.9 Å². The molecule has 33 heavy (non-hydrogen) atoms. The van der Waals surface area contributed by atoms with E-state index < -0.39 is 5.97 Å². The van der Waals surface area contributed by atoms with Crippen molar-refractivity contribution in [3.8, 4) is 0 Å². The number of nitrogens with zero attached hydrogens (tertiary/aromatic N) is 2. The number of benzene rings is 1. The van der Waals surface area contributed by atoms with Crippen LogP contribution in [0.2, 0.25) is 0 Å². The molecule has 2 N–H and O–H groups in total. The molecular weight excluding hydrogens is 441 g/mol. The number of rotatable bonds is 5. The molecule has 8 heteroatoms. The first kappa shape index (κ1) is 22.7. The van der Waals surface area contributed by atoms with Crippen LogP contribution in [0.5, 0.6) is 0 Å². The van der Waals surface area contributed by atoms with E-state index in [-0.39, 0.29) is 21.7 Å². The Hall–Kier alpha value is -2.06. The summed E-state index contributed by atoms with van der Waals surface area (Å²) in [4.78, 5) is 29.2. The quantitative estimate of drug-likeness (QED) is 0.651. The third kappa shape index (κ3) is 5.22. The highest BCUT2D eigenvalue weighted by Gasteiger charge is 2.46. The van der Waals surface area contributed by atoms with Gasteiger partial charge in [0.2, 0.25) is 0 Å². The number of carbonyl (C=O) groups excluding carboxylic acids is 1. The largest absolute Gasteiger partial charge is 0.478 e. The number of allylic oxidation sites excluding steroid dienone is 1. The van der Waals surface area contributed by atoms with Crippen LogP contribution < -0.4 is 10.2 Å². The van der Waals surface area contributed by atoms with Crippen LogP contribution in [0.25, 0.3) is 0 Å². The standard InChI is InChI=1S/C25H32FN3O3S/c26-17-1-3-18(4-2-17)28-11-13-29(14-12-28)19-5-6-20(15-19)33-24(32)27-22-7-8-25(9-10-25)16-21(22)23(30)31/h1-4,19-20H,5-16H2,(H,27,32)(H,30,31)/t19-,20?/m1/s1. The lowest BCUT2D eigenvalue weighted by atomic mass is 9.84. The molecular formula is C25H32FN3O3S. The maximum atomic E-state index is 13.2. The normalized spacial score (nSPS) is 27.1. The molecule has 1 aromatic rings. The van der Waals surface area contributed by atoms with E-state index in [1.807, 2.05) is 12.1 Å². The summed E-state index contributed by atoms with van der Waals surface area (Å²) in [6, 6.07) is 7.20. The van der Waals surface area contributed by atoms with E-state index in [0.29, 0.717) is 30.2 Å². The highest BCUT2D eigenvalue weighted by atomic mass is 32.2. The number of carbonyl (C=O) groups is 2. The average Bonchev–Trinajstić information content (AvgIpc) is 3.40. The molecule has 3 fully saturated rings. The number of carboxylic acid groups (broad SMARTS) is 1. The SMILES string of the molecule is O=C(NC1=C(C(=O)O)CC2(CC1)CC2)SC1CC[C@@H](N2CCN(c3ccc(F)cc3)CC2)C1. The van der Waals surface area contributed by atoms with E-state index in [1.54, 1.807) is 0 Å². The number of piperazine rings is 1. The molecule has 1 spiro atoms. The fourth-order valence-corrected chi connectivity index (χ4v) is 6.77. The first-order valence-electron chi connectivity index (χ1n) is 12.1. The molecule has 1 amide bonds. The Morgan fingerprint density at radius 2 is 1.79 bits per heavy atom. The van der Waals surface area contributed by atoms with Crippen LogP contribution in [-0.4, -0.2) is 58.7 Å². The first-order chi connectivity index (χ1) is 15.9. The van der Waals surface area contributed by atoms with E-state index in [4.69, 9.17) is 0 Å². The molecule has 1 heterocycles. The Bertz CT molecular complexity index is 939. The van der Waals surface area contributed by atoms with Gasteiger partial charge < -0.3 is 15.3 Å². The topological polar surface area (TPSA) is 72.9 Å². The molecule has 6 nitrogen and oxygen atoms in total. The summed E-state index contributed by atoms with van der Waals surface area (Å²) in [5.41, 5.74) is 2.31. The summed E-state index contributed by atoms with van der Waals surface area (Å²) in [5.74, 6) is -1.09. The minimum absolute atomic E-state index is 0.109.